The molecule has 3 rings (SSSR count). The summed E-state index contributed by atoms with van der Waals surface area (Å²) < 4.78 is 32.6. The normalized spacial score (nSPS) is 12.5. The number of pyridine rings is 1. The zero-order valence-corrected chi connectivity index (χ0v) is 20.8. The molecule has 1 heterocycles. The molecular weight excluding hydrogens is 510 g/mol. The summed E-state index contributed by atoms with van der Waals surface area (Å²) in [5.74, 6) is -2.03. The standard InChI is InChI=1S/C25H25ClF2N4O5/c1-14(37-25(36)31-21-11-17-10-18(27)7-6-15(17)12-29-21)20(8-9-22(33)34)32(2)24(35)30-13-16-4-3-5-19(28)23(16)26/h3-7,10-12,14,20H,8-9,13H2,1-2H3,(H,30,35)(H,33,34)(H,29,31,36). The Bertz CT molecular complexity index is 1310. The number of anilines is 1. The number of nitrogens with one attached hydrogen (secondary N) is 2. The summed E-state index contributed by atoms with van der Waals surface area (Å²) in [6.07, 6.45) is -0.651. The Labute approximate surface area is 216 Å². The highest BCUT2D eigenvalue weighted by molar-refractivity contribution is 6.31. The Morgan fingerprint density at radius 2 is 1.92 bits per heavy atom. The number of fused-ring (bicyclic) bond motifs is 1. The number of halogens is 3. The van der Waals surface area contributed by atoms with Crippen molar-refractivity contribution in [1.82, 2.24) is 15.2 Å². The molecule has 37 heavy (non-hydrogen) atoms. The fraction of sp³-hybridized carbons (Fsp3) is 0.280. The van der Waals surface area contributed by atoms with E-state index in [1.807, 2.05) is 0 Å². The van der Waals surface area contributed by atoms with Crippen molar-refractivity contribution in [3.05, 3.63) is 70.9 Å². The summed E-state index contributed by atoms with van der Waals surface area (Å²) in [6.45, 7) is 1.44. The number of ether oxygens (including phenoxy) is 1. The van der Waals surface area contributed by atoms with E-state index < -0.39 is 41.9 Å². The van der Waals surface area contributed by atoms with Gasteiger partial charge >= 0.3 is 18.1 Å². The minimum Gasteiger partial charge on any atom is -0.481 e. The predicted octanol–water partition coefficient (Wildman–Crippen LogP) is 5.18. The van der Waals surface area contributed by atoms with Crippen LogP contribution in [0.5, 0.6) is 0 Å². The van der Waals surface area contributed by atoms with E-state index in [0.717, 1.165) is 0 Å². The van der Waals surface area contributed by atoms with Crippen LogP contribution in [0.15, 0.2) is 48.7 Å². The van der Waals surface area contributed by atoms with E-state index in [9.17, 15) is 23.2 Å². The number of hydrogen-bond donors (Lipinski definition) is 3. The van der Waals surface area contributed by atoms with Gasteiger partial charge in [0.2, 0.25) is 0 Å². The van der Waals surface area contributed by atoms with E-state index >= 15 is 0 Å². The van der Waals surface area contributed by atoms with Gasteiger partial charge in [0.15, 0.2) is 0 Å². The average Bonchev–Trinajstić information content (AvgIpc) is 2.84. The second-order valence-electron chi connectivity index (χ2n) is 8.28. The lowest BCUT2D eigenvalue weighted by atomic mass is 10.1. The SMILES string of the molecule is CC(OC(=O)Nc1cc2cc(F)ccc2cn1)C(CCC(=O)O)N(C)C(=O)NCc1cccc(F)c1Cl. The van der Waals surface area contributed by atoms with Crippen LogP contribution in [-0.4, -0.2) is 52.3 Å². The van der Waals surface area contributed by atoms with Crippen LogP contribution in [0, 0.1) is 11.6 Å². The number of likely N-dealkylation sites (N-methyl/N-ethyl adjacent to an activating group) is 1. The Kier molecular flexibility index (Phi) is 9.18. The fourth-order valence-electron chi connectivity index (χ4n) is 3.71. The number of carbonyl (C=O) groups excluding carboxylic acids is 2. The maximum Gasteiger partial charge on any atom is 0.413 e. The smallest absolute Gasteiger partial charge is 0.413 e. The Balaban J connectivity index is 1.66. The summed E-state index contributed by atoms with van der Waals surface area (Å²) >= 11 is 5.92. The Morgan fingerprint density at radius 1 is 1.16 bits per heavy atom. The molecule has 3 aromatic rings. The fourth-order valence-corrected chi connectivity index (χ4v) is 3.90. The number of hydrogen-bond acceptors (Lipinski definition) is 5. The molecular formula is C25H25ClF2N4O5. The molecule has 0 aliphatic heterocycles. The Hall–Kier alpha value is -3.99. The molecule has 196 valence electrons. The molecule has 1 aromatic heterocycles. The van der Waals surface area contributed by atoms with Gasteiger partial charge in [-0.25, -0.2) is 23.4 Å². The van der Waals surface area contributed by atoms with Crippen molar-refractivity contribution in [2.24, 2.45) is 0 Å². The van der Waals surface area contributed by atoms with Crippen molar-refractivity contribution in [1.29, 1.82) is 0 Å². The monoisotopic (exact) mass is 534 g/mol. The predicted molar refractivity (Wildman–Crippen MR) is 133 cm³/mol. The summed E-state index contributed by atoms with van der Waals surface area (Å²) in [4.78, 5) is 41.8. The molecule has 9 nitrogen and oxygen atoms in total. The number of carboxylic acids is 1. The molecule has 3 N–H and O–H groups in total. The summed E-state index contributed by atoms with van der Waals surface area (Å²) in [6, 6.07) is 8.40. The number of aliphatic carboxylic acids is 1. The molecule has 0 saturated carbocycles. The first kappa shape index (κ1) is 27.6. The maximum atomic E-state index is 13.7. The number of carboxylic acid groups (broad SMARTS) is 1. The van der Waals surface area contributed by atoms with E-state index in [4.69, 9.17) is 21.4 Å². The van der Waals surface area contributed by atoms with E-state index in [1.165, 1.54) is 55.4 Å². The zero-order chi connectivity index (χ0) is 27.1. The highest BCUT2D eigenvalue weighted by Crippen LogP contribution is 2.21. The van der Waals surface area contributed by atoms with Crippen molar-refractivity contribution in [2.75, 3.05) is 12.4 Å². The van der Waals surface area contributed by atoms with Crippen LogP contribution in [0.3, 0.4) is 0 Å². The van der Waals surface area contributed by atoms with Crippen LogP contribution >= 0.6 is 11.6 Å². The summed E-state index contributed by atoms with van der Waals surface area (Å²) in [7, 11) is 1.42. The van der Waals surface area contributed by atoms with Crippen molar-refractivity contribution < 1.29 is 33.0 Å². The number of aromatic nitrogens is 1. The first-order valence-electron chi connectivity index (χ1n) is 11.2. The molecule has 0 saturated heterocycles. The van der Waals surface area contributed by atoms with Crippen LogP contribution in [-0.2, 0) is 16.1 Å². The average molecular weight is 535 g/mol. The van der Waals surface area contributed by atoms with Crippen molar-refractivity contribution in [2.45, 2.75) is 38.5 Å². The first-order valence-corrected chi connectivity index (χ1v) is 11.6. The molecule has 2 unspecified atom stereocenters. The molecule has 0 bridgehead atoms. The second kappa shape index (κ2) is 12.3. The zero-order valence-electron chi connectivity index (χ0n) is 20.0. The van der Waals surface area contributed by atoms with Crippen LogP contribution in [0.4, 0.5) is 24.2 Å². The highest BCUT2D eigenvalue weighted by atomic mass is 35.5. The van der Waals surface area contributed by atoms with Crippen molar-refractivity contribution in [3.63, 3.8) is 0 Å². The molecule has 0 aliphatic rings. The van der Waals surface area contributed by atoms with Gasteiger partial charge in [0, 0.05) is 31.6 Å². The molecule has 0 spiro atoms. The summed E-state index contributed by atoms with van der Waals surface area (Å²) in [5.41, 5.74) is 0.358. The van der Waals surface area contributed by atoms with Gasteiger partial charge < -0.3 is 20.1 Å². The van der Waals surface area contributed by atoms with Crippen LogP contribution in [0.25, 0.3) is 10.8 Å². The lowest BCUT2D eigenvalue weighted by Crippen LogP contribution is -2.49. The van der Waals surface area contributed by atoms with Crippen LogP contribution < -0.4 is 10.6 Å². The minimum absolute atomic E-state index is 0.0120. The van der Waals surface area contributed by atoms with Gasteiger partial charge in [0.05, 0.1) is 11.1 Å². The number of rotatable bonds is 9. The maximum absolute atomic E-state index is 13.7. The molecule has 3 amide bonds. The number of benzene rings is 2. The van der Waals surface area contributed by atoms with Gasteiger partial charge in [-0.1, -0.05) is 23.7 Å². The van der Waals surface area contributed by atoms with Gasteiger partial charge in [0.1, 0.15) is 23.6 Å². The van der Waals surface area contributed by atoms with Crippen molar-refractivity contribution in [3.8, 4) is 0 Å². The lowest BCUT2D eigenvalue weighted by molar-refractivity contribution is -0.137. The van der Waals surface area contributed by atoms with Crippen LogP contribution in [0.2, 0.25) is 5.02 Å². The largest absolute Gasteiger partial charge is 0.481 e. The molecule has 0 radical (unpaired) electrons. The molecule has 2 atom stereocenters. The molecule has 0 aliphatic carbocycles. The third-order valence-corrected chi connectivity index (χ3v) is 6.11. The molecule has 0 fully saturated rings. The van der Waals surface area contributed by atoms with E-state index in [-0.39, 0.29) is 30.2 Å². The quantitative estimate of drug-likeness (QED) is 0.348. The second-order valence-corrected chi connectivity index (χ2v) is 8.66. The molecule has 2 aromatic carbocycles. The van der Waals surface area contributed by atoms with E-state index in [2.05, 4.69) is 15.6 Å². The summed E-state index contributed by atoms with van der Waals surface area (Å²) in [5, 5.41) is 15.3. The van der Waals surface area contributed by atoms with Gasteiger partial charge in [0.25, 0.3) is 0 Å². The number of nitrogens with zero attached hydrogens (tertiary/aromatic N) is 2. The van der Waals surface area contributed by atoms with Gasteiger partial charge in [-0.05, 0) is 54.6 Å². The van der Waals surface area contributed by atoms with Gasteiger partial charge in [-0.2, -0.15) is 0 Å². The van der Waals surface area contributed by atoms with Crippen molar-refractivity contribution >= 4 is 46.3 Å². The van der Waals surface area contributed by atoms with E-state index in [0.29, 0.717) is 16.3 Å². The van der Waals surface area contributed by atoms with E-state index in [1.54, 1.807) is 12.1 Å². The highest BCUT2D eigenvalue weighted by Gasteiger charge is 2.29. The topological polar surface area (TPSA) is 121 Å². The minimum atomic E-state index is -1.09. The number of carbonyl (C=O) groups is 3. The number of urea groups is 1. The van der Waals surface area contributed by atoms with Crippen LogP contribution in [0.1, 0.15) is 25.3 Å². The first-order chi connectivity index (χ1) is 17.5. The third kappa shape index (κ3) is 7.50. The Morgan fingerprint density at radius 3 is 2.65 bits per heavy atom. The lowest BCUT2D eigenvalue weighted by Gasteiger charge is -2.32. The third-order valence-electron chi connectivity index (χ3n) is 5.68. The van der Waals surface area contributed by atoms with Gasteiger partial charge in [-0.3, -0.25) is 10.1 Å². The number of amides is 3. The molecule has 12 heteroatoms. The van der Waals surface area contributed by atoms with Gasteiger partial charge in [-0.15, -0.1) is 0 Å².